The largest absolute Gasteiger partial charge is 0.379 e. The molecule has 0 spiro atoms. The van der Waals surface area contributed by atoms with E-state index in [2.05, 4.69) is 86.8 Å². The Bertz CT molecular complexity index is 647. The maximum atomic E-state index is 10.7. The van der Waals surface area contributed by atoms with Crippen LogP contribution >= 0.6 is 0 Å². The van der Waals surface area contributed by atoms with Gasteiger partial charge >= 0.3 is 0 Å². The maximum absolute atomic E-state index is 10.7. The summed E-state index contributed by atoms with van der Waals surface area (Å²) < 4.78 is 0. The predicted molar refractivity (Wildman–Crippen MR) is 209 cm³/mol. The molecule has 2 N–H and O–H groups in total. The first-order valence-corrected chi connectivity index (χ1v) is 20.3. The minimum absolute atomic E-state index is 0.362. The van der Waals surface area contributed by atoms with Crippen molar-refractivity contribution in [2.75, 3.05) is 20.6 Å². The molecule has 0 bridgehead atoms. The lowest BCUT2D eigenvalue weighted by Crippen LogP contribution is -2.38. The van der Waals surface area contributed by atoms with Crippen LogP contribution in [0.5, 0.6) is 0 Å². The molecule has 3 nitrogen and oxygen atoms in total. The van der Waals surface area contributed by atoms with Crippen LogP contribution in [0.25, 0.3) is 0 Å². The van der Waals surface area contributed by atoms with Crippen LogP contribution in [-0.4, -0.2) is 42.9 Å². The van der Waals surface area contributed by atoms with E-state index in [0.717, 1.165) is 32.2 Å². The highest BCUT2D eigenvalue weighted by atomic mass is 16.3. The van der Waals surface area contributed by atoms with Crippen molar-refractivity contribution >= 4 is 0 Å². The van der Waals surface area contributed by atoms with Crippen molar-refractivity contribution in [2.24, 2.45) is 0 Å². The SMILES string of the molecule is CCCCC/C=C\C/C=C\CCCCCCCCC(CCCCCCCC/C=C\C/C=C\CCCCC)NC(O)CCCN(C)C. The molecule has 0 rings (SSSR count). The molecule has 0 aliphatic rings. The summed E-state index contributed by atoms with van der Waals surface area (Å²) in [5.74, 6) is 0. The number of unbranched alkanes of at least 4 members (excludes halogenated alkanes) is 18. The summed E-state index contributed by atoms with van der Waals surface area (Å²) in [5.41, 5.74) is 0. The van der Waals surface area contributed by atoms with Crippen LogP contribution in [0.4, 0.5) is 0 Å². The van der Waals surface area contributed by atoms with Crippen molar-refractivity contribution in [3.05, 3.63) is 48.6 Å². The summed E-state index contributed by atoms with van der Waals surface area (Å²) in [7, 11) is 4.22. The molecule has 0 fully saturated rings. The molecule has 46 heavy (non-hydrogen) atoms. The van der Waals surface area contributed by atoms with E-state index in [4.69, 9.17) is 0 Å². The number of aliphatic hydroxyl groups excluding tert-OH is 1. The highest BCUT2D eigenvalue weighted by Crippen LogP contribution is 2.16. The molecule has 0 amide bonds. The first kappa shape index (κ1) is 44.8. The second-order valence-corrected chi connectivity index (χ2v) is 14.1. The molecule has 3 heteroatoms. The molecule has 0 aliphatic carbocycles. The summed E-state index contributed by atoms with van der Waals surface area (Å²) >= 11 is 0. The fraction of sp³-hybridized carbons (Fsp3) is 0.814. The van der Waals surface area contributed by atoms with Gasteiger partial charge in [-0.25, -0.2) is 0 Å². The van der Waals surface area contributed by atoms with Gasteiger partial charge in [0.15, 0.2) is 0 Å². The Kier molecular flexibility index (Phi) is 37.3. The lowest BCUT2D eigenvalue weighted by atomic mass is 9.99. The first-order chi connectivity index (χ1) is 22.6. The zero-order valence-corrected chi connectivity index (χ0v) is 31.7. The van der Waals surface area contributed by atoms with Crippen LogP contribution in [0.2, 0.25) is 0 Å². The van der Waals surface area contributed by atoms with Crippen LogP contribution in [-0.2, 0) is 0 Å². The Balaban J connectivity index is 4.01. The second-order valence-electron chi connectivity index (χ2n) is 14.1. The highest BCUT2D eigenvalue weighted by Gasteiger charge is 2.13. The molecule has 0 radical (unpaired) electrons. The van der Waals surface area contributed by atoms with E-state index in [1.54, 1.807) is 0 Å². The minimum Gasteiger partial charge on any atom is -0.379 e. The minimum atomic E-state index is -0.362. The van der Waals surface area contributed by atoms with Crippen LogP contribution in [0.3, 0.4) is 0 Å². The monoisotopic (exact) mass is 643 g/mol. The van der Waals surface area contributed by atoms with Crippen molar-refractivity contribution in [3.63, 3.8) is 0 Å². The number of nitrogens with one attached hydrogen (secondary N) is 1. The summed E-state index contributed by atoms with van der Waals surface area (Å²) in [4.78, 5) is 2.21. The number of nitrogens with zero attached hydrogens (tertiary/aromatic N) is 1. The Hall–Kier alpha value is -1.16. The molecular formula is C43H82N2O. The summed E-state index contributed by atoms with van der Waals surface area (Å²) in [6, 6.07) is 0.464. The summed E-state index contributed by atoms with van der Waals surface area (Å²) in [5, 5.41) is 14.3. The molecular weight excluding hydrogens is 560 g/mol. The van der Waals surface area contributed by atoms with Crippen LogP contribution in [0, 0.1) is 0 Å². The molecule has 0 aromatic carbocycles. The van der Waals surface area contributed by atoms with E-state index in [9.17, 15) is 5.11 Å². The number of hydrogen-bond acceptors (Lipinski definition) is 3. The van der Waals surface area contributed by atoms with Gasteiger partial charge in [-0.2, -0.15) is 0 Å². The molecule has 0 aromatic rings. The summed E-state index contributed by atoms with van der Waals surface area (Å²) in [6.07, 6.45) is 53.9. The van der Waals surface area contributed by atoms with Crippen molar-refractivity contribution in [2.45, 2.75) is 206 Å². The van der Waals surface area contributed by atoms with E-state index < -0.39 is 0 Å². The number of hydrogen-bond donors (Lipinski definition) is 2. The Labute approximate surface area is 289 Å². The smallest absolute Gasteiger partial charge is 0.105 e. The third-order valence-electron chi connectivity index (χ3n) is 9.02. The van der Waals surface area contributed by atoms with Crippen molar-refractivity contribution in [1.82, 2.24) is 10.2 Å². The van der Waals surface area contributed by atoms with Crippen LogP contribution < -0.4 is 5.32 Å². The second kappa shape index (κ2) is 38.3. The van der Waals surface area contributed by atoms with Gasteiger partial charge in [-0.05, 0) is 111 Å². The average molecular weight is 643 g/mol. The molecule has 270 valence electrons. The van der Waals surface area contributed by atoms with Crippen molar-refractivity contribution < 1.29 is 5.11 Å². The fourth-order valence-corrected chi connectivity index (χ4v) is 6.03. The predicted octanol–water partition coefficient (Wildman–Crippen LogP) is 13.0. The number of aliphatic hydroxyl groups is 1. The van der Waals surface area contributed by atoms with Gasteiger partial charge in [-0.15, -0.1) is 0 Å². The molecule has 0 saturated carbocycles. The Morgan fingerprint density at radius 2 is 0.826 bits per heavy atom. The Morgan fingerprint density at radius 1 is 0.457 bits per heavy atom. The van der Waals surface area contributed by atoms with Crippen LogP contribution in [0.15, 0.2) is 48.6 Å². The zero-order chi connectivity index (χ0) is 33.6. The van der Waals surface area contributed by atoms with Gasteiger partial charge in [-0.3, -0.25) is 5.32 Å². The normalized spacial score (nSPS) is 13.3. The number of allylic oxidation sites excluding steroid dienone is 8. The van der Waals surface area contributed by atoms with Gasteiger partial charge in [0.05, 0.1) is 0 Å². The zero-order valence-electron chi connectivity index (χ0n) is 31.7. The first-order valence-electron chi connectivity index (χ1n) is 20.3. The van der Waals surface area contributed by atoms with Gasteiger partial charge in [0.2, 0.25) is 0 Å². The van der Waals surface area contributed by atoms with Gasteiger partial charge in [0, 0.05) is 6.04 Å². The topological polar surface area (TPSA) is 35.5 Å². The van der Waals surface area contributed by atoms with Gasteiger partial charge in [0.1, 0.15) is 6.23 Å². The van der Waals surface area contributed by atoms with Gasteiger partial charge in [-0.1, -0.05) is 152 Å². The van der Waals surface area contributed by atoms with E-state index in [0.29, 0.717) is 6.04 Å². The van der Waals surface area contributed by atoms with E-state index in [1.807, 2.05) is 0 Å². The van der Waals surface area contributed by atoms with Gasteiger partial charge < -0.3 is 10.0 Å². The Morgan fingerprint density at radius 3 is 1.22 bits per heavy atom. The quantitative estimate of drug-likeness (QED) is 0.0405. The maximum Gasteiger partial charge on any atom is 0.105 e. The standard InChI is InChI=1S/C43H82N2O/c1-5-7-9-11-13-15-17-19-21-23-25-27-29-31-33-35-38-42(44-43(46)40-37-41-45(3)4)39-36-34-32-30-28-26-24-22-20-18-16-14-12-10-8-6-2/h13-16,19-22,42-44,46H,5-12,17-18,23-41H2,1-4H3/b15-13-,16-14-,21-19-,22-20-. The lowest BCUT2D eigenvalue weighted by molar-refractivity contribution is 0.103. The third kappa shape index (κ3) is 37.3. The molecule has 1 unspecified atom stereocenters. The lowest BCUT2D eigenvalue weighted by Gasteiger charge is -2.23. The molecule has 0 aromatic heterocycles. The summed E-state index contributed by atoms with van der Waals surface area (Å²) in [6.45, 7) is 5.58. The third-order valence-corrected chi connectivity index (χ3v) is 9.02. The average Bonchev–Trinajstić information content (AvgIpc) is 3.04. The highest BCUT2D eigenvalue weighted by molar-refractivity contribution is 4.93. The van der Waals surface area contributed by atoms with Crippen molar-refractivity contribution in [3.8, 4) is 0 Å². The van der Waals surface area contributed by atoms with E-state index in [1.165, 1.54) is 154 Å². The van der Waals surface area contributed by atoms with Crippen molar-refractivity contribution in [1.29, 1.82) is 0 Å². The molecule has 1 atom stereocenters. The number of rotatable bonds is 36. The van der Waals surface area contributed by atoms with E-state index in [-0.39, 0.29) is 6.23 Å². The molecule has 0 heterocycles. The fourth-order valence-electron chi connectivity index (χ4n) is 6.03. The molecule has 0 aliphatic heterocycles. The van der Waals surface area contributed by atoms with Gasteiger partial charge in [0.25, 0.3) is 0 Å². The molecule has 0 saturated heterocycles. The van der Waals surface area contributed by atoms with Crippen LogP contribution in [0.1, 0.15) is 194 Å². The van der Waals surface area contributed by atoms with E-state index >= 15 is 0 Å².